The van der Waals surface area contributed by atoms with Crippen LogP contribution in [0.2, 0.25) is 0 Å². The molecule has 0 bridgehead atoms. The van der Waals surface area contributed by atoms with Gasteiger partial charge < -0.3 is 20.3 Å². The average Bonchev–Trinajstić information content (AvgIpc) is 2.64. The standard InChI is InChI=1S/C19H24FN5O2/c1-3-27-19(26)25-10-8-14(9-11-25)23-17-12-18(22-13(2)21-17)24-16-7-5-4-6-15(16)20/h4-7,12,14H,3,8-11H2,1-2H3,(H2,21,22,23,24). The molecule has 1 aromatic carbocycles. The third kappa shape index (κ3) is 5.06. The number of rotatable bonds is 5. The maximum absolute atomic E-state index is 13.8. The number of nitrogens with zero attached hydrogens (tertiary/aromatic N) is 3. The minimum Gasteiger partial charge on any atom is -0.450 e. The van der Waals surface area contributed by atoms with Gasteiger partial charge in [0.25, 0.3) is 0 Å². The first-order valence-corrected chi connectivity index (χ1v) is 9.10. The molecule has 1 aliphatic heterocycles. The normalized spacial score (nSPS) is 14.7. The van der Waals surface area contributed by atoms with Gasteiger partial charge in [0.2, 0.25) is 0 Å². The van der Waals surface area contributed by atoms with Crippen molar-refractivity contribution in [1.29, 1.82) is 0 Å². The van der Waals surface area contributed by atoms with E-state index < -0.39 is 0 Å². The number of nitrogens with one attached hydrogen (secondary N) is 2. The van der Waals surface area contributed by atoms with Crippen LogP contribution >= 0.6 is 0 Å². The van der Waals surface area contributed by atoms with Gasteiger partial charge in [-0.2, -0.15) is 0 Å². The van der Waals surface area contributed by atoms with Gasteiger partial charge in [-0.1, -0.05) is 12.1 Å². The summed E-state index contributed by atoms with van der Waals surface area (Å²) in [6, 6.07) is 8.41. The lowest BCUT2D eigenvalue weighted by Gasteiger charge is -2.31. The van der Waals surface area contributed by atoms with Crippen molar-refractivity contribution in [3.8, 4) is 0 Å². The van der Waals surface area contributed by atoms with Crippen molar-refractivity contribution in [1.82, 2.24) is 14.9 Å². The molecule has 1 saturated heterocycles. The molecular formula is C19H24FN5O2. The first kappa shape index (κ1) is 18.9. The molecular weight excluding hydrogens is 349 g/mol. The summed E-state index contributed by atoms with van der Waals surface area (Å²) in [6.07, 6.45) is 1.35. The van der Waals surface area contributed by atoms with Gasteiger partial charge in [0.15, 0.2) is 0 Å². The summed E-state index contributed by atoms with van der Waals surface area (Å²) in [5.74, 6) is 1.45. The Balaban J connectivity index is 1.62. The SMILES string of the molecule is CCOC(=O)N1CCC(Nc2cc(Nc3ccccc3F)nc(C)n2)CC1. The van der Waals surface area contributed by atoms with Crippen LogP contribution in [0.15, 0.2) is 30.3 Å². The minimum absolute atomic E-state index is 0.200. The van der Waals surface area contributed by atoms with E-state index in [9.17, 15) is 9.18 Å². The highest BCUT2D eigenvalue weighted by Gasteiger charge is 2.23. The number of hydrogen-bond donors (Lipinski definition) is 2. The molecule has 0 spiro atoms. The highest BCUT2D eigenvalue weighted by atomic mass is 19.1. The molecule has 1 amide bonds. The van der Waals surface area contributed by atoms with Crippen molar-refractivity contribution in [2.24, 2.45) is 0 Å². The molecule has 1 aromatic heterocycles. The summed E-state index contributed by atoms with van der Waals surface area (Å²) in [4.78, 5) is 22.2. The van der Waals surface area contributed by atoms with E-state index in [4.69, 9.17) is 4.74 Å². The van der Waals surface area contributed by atoms with Crippen molar-refractivity contribution < 1.29 is 13.9 Å². The fraction of sp³-hybridized carbons (Fsp3) is 0.421. The molecule has 144 valence electrons. The maximum Gasteiger partial charge on any atom is 0.409 e. The van der Waals surface area contributed by atoms with Crippen molar-refractivity contribution in [2.75, 3.05) is 30.3 Å². The van der Waals surface area contributed by atoms with Crippen molar-refractivity contribution in [3.63, 3.8) is 0 Å². The lowest BCUT2D eigenvalue weighted by atomic mass is 10.1. The Morgan fingerprint density at radius 2 is 1.96 bits per heavy atom. The van der Waals surface area contributed by atoms with Gasteiger partial charge in [-0.05, 0) is 38.8 Å². The number of likely N-dealkylation sites (tertiary alicyclic amines) is 1. The zero-order chi connectivity index (χ0) is 19.2. The number of ether oxygens (including phenoxy) is 1. The smallest absolute Gasteiger partial charge is 0.409 e. The topological polar surface area (TPSA) is 79.4 Å². The van der Waals surface area contributed by atoms with Gasteiger partial charge in [0, 0.05) is 25.2 Å². The number of aromatic nitrogens is 2. The van der Waals surface area contributed by atoms with E-state index in [0.717, 1.165) is 12.8 Å². The molecule has 1 aliphatic rings. The Bertz CT molecular complexity index is 793. The van der Waals surface area contributed by atoms with E-state index in [-0.39, 0.29) is 18.0 Å². The lowest BCUT2D eigenvalue weighted by molar-refractivity contribution is 0.0983. The summed E-state index contributed by atoms with van der Waals surface area (Å²) in [5.41, 5.74) is 0.365. The van der Waals surface area contributed by atoms with E-state index in [2.05, 4.69) is 20.6 Å². The Labute approximate surface area is 158 Å². The molecule has 2 aromatic rings. The number of amides is 1. The number of carbonyl (C=O) groups excluding carboxylic acids is 1. The van der Waals surface area contributed by atoms with E-state index in [1.165, 1.54) is 6.07 Å². The minimum atomic E-state index is -0.338. The summed E-state index contributed by atoms with van der Waals surface area (Å²) >= 11 is 0. The Kier molecular flexibility index (Phi) is 6.05. The Morgan fingerprint density at radius 3 is 2.67 bits per heavy atom. The van der Waals surface area contributed by atoms with Gasteiger partial charge in [0.05, 0.1) is 12.3 Å². The summed E-state index contributed by atoms with van der Waals surface area (Å²) in [6.45, 7) is 5.26. The lowest BCUT2D eigenvalue weighted by Crippen LogP contribution is -2.42. The number of halogens is 1. The number of piperidine rings is 1. The molecule has 8 heteroatoms. The molecule has 0 aliphatic carbocycles. The zero-order valence-electron chi connectivity index (χ0n) is 15.5. The molecule has 0 saturated carbocycles. The van der Waals surface area contributed by atoms with Crippen LogP contribution in [0.3, 0.4) is 0 Å². The van der Waals surface area contributed by atoms with E-state index >= 15 is 0 Å². The van der Waals surface area contributed by atoms with Crippen LogP contribution in [-0.4, -0.2) is 46.7 Å². The molecule has 7 nitrogen and oxygen atoms in total. The van der Waals surface area contributed by atoms with Gasteiger partial charge in [-0.25, -0.2) is 19.2 Å². The van der Waals surface area contributed by atoms with Gasteiger partial charge >= 0.3 is 6.09 Å². The molecule has 0 unspecified atom stereocenters. The van der Waals surface area contributed by atoms with Crippen LogP contribution < -0.4 is 10.6 Å². The molecule has 1 fully saturated rings. The number of aryl methyl sites for hydroxylation is 1. The zero-order valence-corrected chi connectivity index (χ0v) is 15.5. The first-order chi connectivity index (χ1) is 13.0. The van der Waals surface area contributed by atoms with Gasteiger partial charge in [-0.15, -0.1) is 0 Å². The molecule has 2 N–H and O–H groups in total. The van der Waals surface area contributed by atoms with Gasteiger partial charge in [-0.3, -0.25) is 0 Å². The fourth-order valence-electron chi connectivity index (χ4n) is 3.04. The highest BCUT2D eigenvalue weighted by molar-refractivity contribution is 5.67. The first-order valence-electron chi connectivity index (χ1n) is 9.10. The van der Waals surface area contributed by atoms with Crippen LogP contribution in [-0.2, 0) is 4.74 Å². The number of para-hydroxylation sites is 1. The second kappa shape index (κ2) is 8.66. The Morgan fingerprint density at radius 1 is 1.26 bits per heavy atom. The number of hydrogen-bond acceptors (Lipinski definition) is 6. The van der Waals surface area contributed by atoms with Crippen LogP contribution in [0.5, 0.6) is 0 Å². The summed E-state index contributed by atoms with van der Waals surface area (Å²) in [7, 11) is 0. The predicted molar refractivity (Wildman–Crippen MR) is 102 cm³/mol. The molecule has 2 heterocycles. The van der Waals surface area contributed by atoms with E-state index in [1.807, 2.05) is 0 Å². The number of carbonyl (C=O) groups is 1. The maximum atomic E-state index is 13.8. The molecule has 0 radical (unpaired) electrons. The monoisotopic (exact) mass is 373 g/mol. The molecule has 27 heavy (non-hydrogen) atoms. The Hall–Kier alpha value is -2.90. The largest absolute Gasteiger partial charge is 0.450 e. The number of anilines is 3. The van der Waals surface area contributed by atoms with Gasteiger partial charge in [0.1, 0.15) is 23.3 Å². The summed E-state index contributed by atoms with van der Waals surface area (Å²) < 4.78 is 18.9. The quantitative estimate of drug-likeness (QED) is 0.832. The third-order valence-electron chi connectivity index (χ3n) is 4.35. The van der Waals surface area contributed by atoms with E-state index in [1.54, 1.807) is 43.0 Å². The highest BCUT2D eigenvalue weighted by Crippen LogP contribution is 2.22. The van der Waals surface area contributed by atoms with Crippen molar-refractivity contribution in [3.05, 3.63) is 42.0 Å². The van der Waals surface area contributed by atoms with Crippen molar-refractivity contribution in [2.45, 2.75) is 32.7 Å². The number of benzene rings is 1. The fourth-order valence-corrected chi connectivity index (χ4v) is 3.04. The van der Waals surface area contributed by atoms with Crippen LogP contribution in [0.4, 0.5) is 26.5 Å². The van der Waals surface area contributed by atoms with Crippen molar-refractivity contribution >= 4 is 23.4 Å². The summed E-state index contributed by atoms with van der Waals surface area (Å²) in [5, 5.41) is 6.38. The molecule has 3 rings (SSSR count). The van der Waals surface area contributed by atoms with Crippen LogP contribution in [0.1, 0.15) is 25.6 Å². The van der Waals surface area contributed by atoms with Crippen LogP contribution in [0.25, 0.3) is 0 Å². The van der Waals surface area contributed by atoms with Crippen LogP contribution in [0, 0.1) is 12.7 Å². The third-order valence-corrected chi connectivity index (χ3v) is 4.35. The van der Waals surface area contributed by atoms with E-state index in [0.29, 0.717) is 42.8 Å². The second-order valence-corrected chi connectivity index (χ2v) is 6.40. The average molecular weight is 373 g/mol. The second-order valence-electron chi connectivity index (χ2n) is 6.40. The molecule has 0 atom stereocenters. The predicted octanol–water partition coefficient (Wildman–Crippen LogP) is 3.70.